The topological polar surface area (TPSA) is 78.1 Å². The molecular weight excluding hydrogens is 264 g/mol. The molecule has 1 aromatic heterocycles. The lowest BCUT2D eigenvalue weighted by Crippen LogP contribution is -2.29. The van der Waals surface area contributed by atoms with Crippen LogP contribution in [0.3, 0.4) is 0 Å². The summed E-state index contributed by atoms with van der Waals surface area (Å²) in [6, 6.07) is 0. The van der Waals surface area contributed by atoms with Crippen LogP contribution in [-0.4, -0.2) is 43.1 Å². The van der Waals surface area contributed by atoms with Gasteiger partial charge in [-0.05, 0) is 19.9 Å². The number of aryl methyl sites for hydroxylation is 1. The average molecular weight is 288 g/mol. The van der Waals surface area contributed by atoms with Crippen molar-refractivity contribution in [3.05, 3.63) is 11.4 Å². The van der Waals surface area contributed by atoms with Crippen LogP contribution in [0.1, 0.15) is 38.1 Å². The molecule has 0 saturated heterocycles. The molecule has 0 unspecified atom stereocenters. The van der Waals surface area contributed by atoms with Crippen molar-refractivity contribution < 1.29 is 8.42 Å². The van der Waals surface area contributed by atoms with Crippen molar-refractivity contribution in [3.63, 3.8) is 0 Å². The Morgan fingerprint density at radius 3 is 2.63 bits per heavy atom. The van der Waals surface area contributed by atoms with Crippen LogP contribution in [0.4, 0.5) is 0 Å². The van der Waals surface area contributed by atoms with Crippen LogP contribution in [0.25, 0.3) is 0 Å². The van der Waals surface area contributed by atoms with Crippen molar-refractivity contribution in [2.75, 3.05) is 20.1 Å². The number of hydrogen-bond acceptors (Lipinski definition) is 4. The minimum atomic E-state index is -3.46. The zero-order valence-corrected chi connectivity index (χ0v) is 13.0. The number of nitrogens with zero attached hydrogens (tertiary/aromatic N) is 2. The van der Waals surface area contributed by atoms with Crippen molar-refractivity contribution in [1.82, 2.24) is 19.8 Å². The van der Waals surface area contributed by atoms with Gasteiger partial charge in [-0.2, -0.15) is 5.10 Å². The SMILES string of the molecule is CCCCN(C)S(=O)(=O)c1c(CNCC)n[nH]c1C. The summed E-state index contributed by atoms with van der Waals surface area (Å²) >= 11 is 0. The van der Waals surface area contributed by atoms with Gasteiger partial charge in [-0.15, -0.1) is 0 Å². The number of H-pyrrole nitrogens is 1. The van der Waals surface area contributed by atoms with Crippen LogP contribution in [-0.2, 0) is 16.6 Å². The van der Waals surface area contributed by atoms with Crippen LogP contribution in [0, 0.1) is 6.92 Å². The molecule has 1 aromatic rings. The van der Waals surface area contributed by atoms with Crippen molar-refractivity contribution >= 4 is 10.0 Å². The number of sulfonamides is 1. The zero-order valence-electron chi connectivity index (χ0n) is 12.2. The van der Waals surface area contributed by atoms with Gasteiger partial charge in [0.15, 0.2) is 0 Å². The first-order valence-corrected chi connectivity index (χ1v) is 8.10. The molecule has 0 aliphatic carbocycles. The van der Waals surface area contributed by atoms with Gasteiger partial charge in [0.05, 0.1) is 11.4 Å². The Balaban J connectivity index is 3.02. The third-order valence-corrected chi connectivity index (χ3v) is 5.06. The summed E-state index contributed by atoms with van der Waals surface area (Å²) in [5.74, 6) is 0. The van der Waals surface area contributed by atoms with Crippen LogP contribution >= 0.6 is 0 Å². The molecule has 0 aliphatic rings. The molecule has 2 N–H and O–H groups in total. The fourth-order valence-corrected chi connectivity index (χ4v) is 3.36. The van der Waals surface area contributed by atoms with E-state index in [1.165, 1.54) is 4.31 Å². The number of hydrogen-bond donors (Lipinski definition) is 2. The van der Waals surface area contributed by atoms with Crippen LogP contribution in [0.15, 0.2) is 4.90 Å². The second-order valence-electron chi connectivity index (χ2n) is 4.58. The Bertz CT molecular complexity index is 496. The molecule has 0 spiro atoms. The highest BCUT2D eigenvalue weighted by Crippen LogP contribution is 2.21. The fourth-order valence-electron chi connectivity index (χ4n) is 1.83. The lowest BCUT2D eigenvalue weighted by atomic mass is 10.3. The maximum Gasteiger partial charge on any atom is 0.246 e. The molecule has 7 heteroatoms. The van der Waals surface area contributed by atoms with E-state index in [-0.39, 0.29) is 0 Å². The van der Waals surface area contributed by atoms with Crippen molar-refractivity contribution in [2.45, 2.75) is 45.1 Å². The Morgan fingerprint density at radius 2 is 2.05 bits per heavy atom. The van der Waals surface area contributed by atoms with Gasteiger partial charge in [0.1, 0.15) is 4.90 Å². The quantitative estimate of drug-likeness (QED) is 0.754. The van der Waals surface area contributed by atoms with Gasteiger partial charge in [-0.3, -0.25) is 5.10 Å². The maximum atomic E-state index is 12.5. The summed E-state index contributed by atoms with van der Waals surface area (Å²) in [5.41, 5.74) is 1.15. The predicted octanol–water partition coefficient (Wildman–Crippen LogP) is 1.25. The molecular formula is C12H24N4O2S. The zero-order chi connectivity index (χ0) is 14.5. The van der Waals surface area contributed by atoms with E-state index in [1.807, 2.05) is 13.8 Å². The minimum Gasteiger partial charge on any atom is -0.311 e. The minimum absolute atomic E-state index is 0.312. The van der Waals surface area contributed by atoms with E-state index < -0.39 is 10.0 Å². The highest BCUT2D eigenvalue weighted by molar-refractivity contribution is 7.89. The molecule has 0 fully saturated rings. The Kier molecular flexibility index (Phi) is 5.96. The highest BCUT2D eigenvalue weighted by atomic mass is 32.2. The Hall–Kier alpha value is -0.920. The highest BCUT2D eigenvalue weighted by Gasteiger charge is 2.27. The van der Waals surface area contributed by atoms with E-state index in [0.717, 1.165) is 19.4 Å². The molecule has 0 amide bonds. The number of aromatic amines is 1. The molecule has 1 heterocycles. The fraction of sp³-hybridized carbons (Fsp3) is 0.750. The summed E-state index contributed by atoms with van der Waals surface area (Å²) in [5, 5.41) is 9.96. The van der Waals surface area contributed by atoms with E-state index in [4.69, 9.17) is 0 Å². The van der Waals surface area contributed by atoms with Gasteiger partial charge in [-0.1, -0.05) is 20.3 Å². The van der Waals surface area contributed by atoms with Gasteiger partial charge in [0.2, 0.25) is 10.0 Å². The number of rotatable bonds is 8. The number of unbranched alkanes of at least 4 members (excludes halogenated alkanes) is 1. The molecule has 0 saturated carbocycles. The first-order chi connectivity index (χ1) is 8.95. The molecule has 0 atom stereocenters. The van der Waals surface area contributed by atoms with Crippen molar-refractivity contribution in [1.29, 1.82) is 0 Å². The van der Waals surface area contributed by atoms with E-state index in [9.17, 15) is 8.42 Å². The molecule has 0 aliphatic heterocycles. The third kappa shape index (κ3) is 3.77. The summed E-state index contributed by atoms with van der Waals surface area (Å²) < 4.78 is 26.5. The standard InChI is InChI=1S/C12H24N4O2S/c1-5-7-8-16(4)19(17,18)12-10(3)14-15-11(12)9-13-6-2/h13H,5-9H2,1-4H3,(H,14,15). The lowest BCUT2D eigenvalue weighted by molar-refractivity contribution is 0.458. The van der Waals surface area contributed by atoms with E-state index >= 15 is 0 Å². The largest absolute Gasteiger partial charge is 0.311 e. The summed E-state index contributed by atoms with van der Waals surface area (Å²) in [6.45, 7) is 7.52. The van der Waals surface area contributed by atoms with Gasteiger partial charge in [-0.25, -0.2) is 12.7 Å². The van der Waals surface area contributed by atoms with Gasteiger partial charge >= 0.3 is 0 Å². The van der Waals surface area contributed by atoms with Crippen LogP contribution in [0.5, 0.6) is 0 Å². The van der Waals surface area contributed by atoms with Crippen LogP contribution in [0.2, 0.25) is 0 Å². The molecule has 110 valence electrons. The second kappa shape index (κ2) is 7.02. The molecule has 19 heavy (non-hydrogen) atoms. The van der Waals surface area contributed by atoms with E-state index in [0.29, 0.717) is 29.4 Å². The maximum absolute atomic E-state index is 12.5. The lowest BCUT2D eigenvalue weighted by Gasteiger charge is -2.17. The Morgan fingerprint density at radius 1 is 1.37 bits per heavy atom. The van der Waals surface area contributed by atoms with E-state index in [1.54, 1.807) is 14.0 Å². The summed E-state index contributed by atoms with van der Waals surface area (Å²) in [7, 11) is -1.84. The average Bonchev–Trinajstić information content (AvgIpc) is 2.75. The van der Waals surface area contributed by atoms with Crippen molar-refractivity contribution in [2.24, 2.45) is 0 Å². The summed E-state index contributed by atoms with van der Waals surface area (Å²) in [6.07, 6.45) is 1.82. The van der Waals surface area contributed by atoms with Gasteiger partial charge in [0, 0.05) is 20.1 Å². The van der Waals surface area contributed by atoms with Crippen LogP contribution < -0.4 is 5.32 Å². The second-order valence-corrected chi connectivity index (χ2v) is 6.57. The smallest absolute Gasteiger partial charge is 0.246 e. The molecule has 6 nitrogen and oxygen atoms in total. The first-order valence-electron chi connectivity index (χ1n) is 6.66. The van der Waals surface area contributed by atoms with Crippen molar-refractivity contribution in [3.8, 4) is 0 Å². The molecule has 0 radical (unpaired) electrons. The molecule has 1 rings (SSSR count). The molecule has 0 bridgehead atoms. The predicted molar refractivity (Wildman–Crippen MR) is 75.4 cm³/mol. The number of aromatic nitrogens is 2. The van der Waals surface area contributed by atoms with E-state index in [2.05, 4.69) is 15.5 Å². The summed E-state index contributed by atoms with van der Waals surface area (Å²) in [4.78, 5) is 0.312. The number of nitrogens with one attached hydrogen (secondary N) is 2. The van der Waals surface area contributed by atoms with Gasteiger partial charge in [0.25, 0.3) is 0 Å². The first kappa shape index (κ1) is 16.1. The molecule has 0 aromatic carbocycles. The monoisotopic (exact) mass is 288 g/mol. The normalized spacial score (nSPS) is 12.3. The third-order valence-electron chi connectivity index (χ3n) is 3.00. The van der Waals surface area contributed by atoms with Gasteiger partial charge < -0.3 is 5.32 Å². The Labute approximate surface area is 115 Å².